The molecule has 100 valence electrons. The van der Waals surface area contributed by atoms with E-state index in [-0.39, 0.29) is 5.82 Å². The molecular formula is C15H12FN3O. The quantitative estimate of drug-likeness (QED) is 0.680. The smallest absolute Gasteiger partial charge is 0.219 e. The summed E-state index contributed by atoms with van der Waals surface area (Å²) in [5, 5.41) is 5.17. The van der Waals surface area contributed by atoms with Gasteiger partial charge in [0.05, 0.1) is 24.5 Å². The Hall–Kier alpha value is -2.69. The van der Waals surface area contributed by atoms with E-state index in [0.717, 1.165) is 10.9 Å². The van der Waals surface area contributed by atoms with Gasteiger partial charge >= 0.3 is 0 Å². The monoisotopic (exact) mass is 269 g/mol. The van der Waals surface area contributed by atoms with E-state index in [9.17, 15) is 4.39 Å². The molecule has 3 aromatic rings. The Morgan fingerprint density at radius 1 is 1.25 bits per heavy atom. The third kappa shape index (κ3) is 2.38. The summed E-state index contributed by atoms with van der Waals surface area (Å²) in [6, 6.07) is 7.60. The predicted molar refractivity (Wildman–Crippen MR) is 74.2 cm³/mol. The van der Waals surface area contributed by atoms with Gasteiger partial charge in [0.1, 0.15) is 11.6 Å². The molecule has 1 aromatic carbocycles. The lowest BCUT2D eigenvalue weighted by Crippen LogP contribution is -1.96. The van der Waals surface area contributed by atoms with Crippen LogP contribution in [0.2, 0.25) is 0 Å². The summed E-state index contributed by atoms with van der Waals surface area (Å²) in [4.78, 5) is 4.23. The van der Waals surface area contributed by atoms with E-state index < -0.39 is 0 Å². The van der Waals surface area contributed by atoms with Crippen LogP contribution in [-0.2, 0) is 6.54 Å². The zero-order valence-electron chi connectivity index (χ0n) is 10.7. The van der Waals surface area contributed by atoms with Crippen molar-refractivity contribution in [2.45, 2.75) is 6.54 Å². The van der Waals surface area contributed by atoms with Crippen LogP contribution in [0.15, 0.2) is 55.4 Å². The molecule has 0 aliphatic carbocycles. The summed E-state index contributed by atoms with van der Waals surface area (Å²) in [6.07, 6.45) is 5.22. The number of pyridine rings is 1. The largest absolute Gasteiger partial charge is 0.439 e. The van der Waals surface area contributed by atoms with Crippen LogP contribution in [0.25, 0.3) is 10.9 Å². The van der Waals surface area contributed by atoms with Crippen molar-refractivity contribution in [3.63, 3.8) is 0 Å². The molecule has 0 radical (unpaired) electrons. The van der Waals surface area contributed by atoms with Crippen molar-refractivity contribution in [2.75, 3.05) is 0 Å². The third-order valence-corrected chi connectivity index (χ3v) is 2.84. The van der Waals surface area contributed by atoms with Crippen LogP contribution < -0.4 is 4.74 Å². The molecule has 0 aliphatic rings. The second-order valence-electron chi connectivity index (χ2n) is 4.25. The minimum absolute atomic E-state index is 0.300. The van der Waals surface area contributed by atoms with E-state index in [1.807, 2.05) is 0 Å². The van der Waals surface area contributed by atoms with Crippen LogP contribution in [0.3, 0.4) is 0 Å². The normalized spacial score (nSPS) is 10.7. The van der Waals surface area contributed by atoms with E-state index in [1.165, 1.54) is 12.1 Å². The SMILES string of the molecule is C=CCn1ncc2cc(Oc3ccc(F)cc3)ncc21. The van der Waals surface area contributed by atoms with Crippen molar-refractivity contribution in [3.8, 4) is 11.6 Å². The van der Waals surface area contributed by atoms with Crippen LogP contribution >= 0.6 is 0 Å². The fourth-order valence-electron chi connectivity index (χ4n) is 1.90. The van der Waals surface area contributed by atoms with E-state index in [4.69, 9.17) is 4.74 Å². The number of nitrogens with zero attached hydrogens (tertiary/aromatic N) is 3. The Kier molecular flexibility index (Phi) is 3.16. The molecule has 0 bridgehead atoms. The summed E-state index contributed by atoms with van der Waals surface area (Å²) in [5.41, 5.74) is 0.913. The molecule has 0 fully saturated rings. The molecule has 2 heterocycles. The molecule has 20 heavy (non-hydrogen) atoms. The van der Waals surface area contributed by atoms with Gasteiger partial charge in [-0.15, -0.1) is 6.58 Å². The Bertz CT molecular complexity index is 749. The van der Waals surface area contributed by atoms with Gasteiger partial charge in [0, 0.05) is 11.5 Å². The molecule has 0 N–H and O–H groups in total. The van der Waals surface area contributed by atoms with Gasteiger partial charge in [-0.25, -0.2) is 9.37 Å². The van der Waals surface area contributed by atoms with Gasteiger partial charge in [-0.3, -0.25) is 4.68 Å². The first kappa shape index (κ1) is 12.3. The van der Waals surface area contributed by atoms with Crippen molar-refractivity contribution >= 4 is 10.9 Å². The maximum absolute atomic E-state index is 12.8. The van der Waals surface area contributed by atoms with Gasteiger partial charge in [-0.05, 0) is 24.3 Å². The highest BCUT2D eigenvalue weighted by atomic mass is 19.1. The summed E-state index contributed by atoms with van der Waals surface area (Å²) >= 11 is 0. The molecule has 2 aromatic heterocycles. The van der Waals surface area contributed by atoms with Crippen molar-refractivity contribution in [1.82, 2.24) is 14.8 Å². The third-order valence-electron chi connectivity index (χ3n) is 2.84. The van der Waals surface area contributed by atoms with Crippen LogP contribution in [0.5, 0.6) is 11.6 Å². The van der Waals surface area contributed by atoms with E-state index >= 15 is 0 Å². The average molecular weight is 269 g/mol. The minimum Gasteiger partial charge on any atom is -0.439 e. The lowest BCUT2D eigenvalue weighted by atomic mass is 10.3. The standard InChI is InChI=1S/C15H12FN3O/c1-2-7-19-14-10-17-15(8-11(14)9-18-19)20-13-5-3-12(16)4-6-13/h2-6,8-10H,1,7H2. The zero-order valence-corrected chi connectivity index (χ0v) is 10.7. The highest BCUT2D eigenvalue weighted by Gasteiger charge is 2.05. The molecule has 0 spiro atoms. The molecule has 0 unspecified atom stereocenters. The van der Waals surface area contributed by atoms with E-state index in [1.54, 1.807) is 41.4 Å². The number of benzene rings is 1. The summed E-state index contributed by atoms with van der Waals surface area (Å²) in [6.45, 7) is 4.31. The number of hydrogen-bond acceptors (Lipinski definition) is 3. The van der Waals surface area contributed by atoms with Gasteiger partial charge in [-0.1, -0.05) is 6.08 Å². The molecule has 0 aliphatic heterocycles. The number of rotatable bonds is 4. The second kappa shape index (κ2) is 5.13. The number of hydrogen-bond donors (Lipinski definition) is 0. The zero-order chi connectivity index (χ0) is 13.9. The number of aromatic nitrogens is 3. The molecule has 0 saturated carbocycles. The first-order chi connectivity index (χ1) is 9.76. The summed E-state index contributed by atoms with van der Waals surface area (Å²) < 4.78 is 20.2. The van der Waals surface area contributed by atoms with Gasteiger partial charge in [0.2, 0.25) is 5.88 Å². The number of allylic oxidation sites excluding steroid dienone is 1. The molecule has 0 amide bonds. The second-order valence-corrected chi connectivity index (χ2v) is 4.25. The van der Waals surface area contributed by atoms with Gasteiger partial charge in [0.15, 0.2) is 0 Å². The number of halogens is 1. The van der Waals surface area contributed by atoms with Crippen LogP contribution in [0, 0.1) is 5.82 Å². The summed E-state index contributed by atoms with van der Waals surface area (Å²) in [7, 11) is 0. The fourth-order valence-corrected chi connectivity index (χ4v) is 1.90. The summed E-state index contributed by atoms with van der Waals surface area (Å²) in [5.74, 6) is 0.686. The lowest BCUT2D eigenvalue weighted by molar-refractivity contribution is 0.462. The van der Waals surface area contributed by atoms with Crippen LogP contribution in [-0.4, -0.2) is 14.8 Å². The molecule has 0 saturated heterocycles. The minimum atomic E-state index is -0.300. The Balaban J connectivity index is 1.89. The van der Waals surface area contributed by atoms with Crippen LogP contribution in [0.1, 0.15) is 0 Å². The van der Waals surface area contributed by atoms with Gasteiger partial charge in [0.25, 0.3) is 0 Å². The van der Waals surface area contributed by atoms with Crippen molar-refractivity contribution in [2.24, 2.45) is 0 Å². The van der Waals surface area contributed by atoms with E-state index in [2.05, 4.69) is 16.7 Å². The maximum Gasteiger partial charge on any atom is 0.219 e. The number of ether oxygens (including phenoxy) is 1. The maximum atomic E-state index is 12.8. The van der Waals surface area contributed by atoms with Gasteiger partial charge < -0.3 is 4.74 Å². The topological polar surface area (TPSA) is 39.9 Å². The fraction of sp³-hybridized carbons (Fsp3) is 0.0667. The molecule has 3 rings (SSSR count). The first-order valence-corrected chi connectivity index (χ1v) is 6.12. The van der Waals surface area contributed by atoms with Crippen molar-refractivity contribution < 1.29 is 9.13 Å². The average Bonchev–Trinajstić information content (AvgIpc) is 2.85. The Morgan fingerprint density at radius 2 is 2.05 bits per heavy atom. The van der Waals surface area contributed by atoms with E-state index in [0.29, 0.717) is 18.2 Å². The van der Waals surface area contributed by atoms with Crippen molar-refractivity contribution in [1.29, 1.82) is 0 Å². The molecule has 4 nitrogen and oxygen atoms in total. The Morgan fingerprint density at radius 3 is 2.80 bits per heavy atom. The predicted octanol–water partition coefficient (Wildman–Crippen LogP) is 3.55. The molecular weight excluding hydrogens is 257 g/mol. The van der Waals surface area contributed by atoms with Crippen molar-refractivity contribution in [3.05, 3.63) is 61.2 Å². The number of fused-ring (bicyclic) bond motifs is 1. The van der Waals surface area contributed by atoms with Crippen LogP contribution in [0.4, 0.5) is 4.39 Å². The first-order valence-electron chi connectivity index (χ1n) is 6.12. The molecule has 0 atom stereocenters. The lowest BCUT2D eigenvalue weighted by Gasteiger charge is -2.05. The highest BCUT2D eigenvalue weighted by Crippen LogP contribution is 2.23. The van der Waals surface area contributed by atoms with Gasteiger partial charge in [-0.2, -0.15) is 5.10 Å². The highest BCUT2D eigenvalue weighted by molar-refractivity contribution is 5.78. The Labute approximate surface area is 115 Å². The molecule has 5 heteroatoms.